The number of fused-ring (bicyclic) bond motifs is 11. The molecule has 0 N–H and O–H groups in total. The van der Waals surface area contributed by atoms with Gasteiger partial charge in [0.2, 0.25) is 0 Å². The Labute approximate surface area is 855 Å². The van der Waals surface area contributed by atoms with Gasteiger partial charge in [0.15, 0.2) is 0 Å². The molecule has 22 atom stereocenters. The predicted molar refractivity (Wildman–Crippen MR) is 553 cm³/mol. The molecule has 0 aromatic heterocycles. The van der Waals surface area contributed by atoms with Crippen molar-refractivity contribution >= 4 is 68.1 Å². The summed E-state index contributed by atoms with van der Waals surface area (Å²) in [5.74, 6) is 21.1. The number of unbranched alkanes of at least 4 members (excludes halogenated alkanes) is 3. The number of hydrogen-bond donors (Lipinski definition) is 0. The van der Waals surface area contributed by atoms with E-state index in [4.69, 9.17) is 72.8 Å². The monoisotopic (exact) mass is 2190 g/mol. The van der Waals surface area contributed by atoms with E-state index in [9.17, 15) is 0 Å². The molecule has 1 nitrogen and oxygen atoms in total. The van der Waals surface area contributed by atoms with Gasteiger partial charge in [0.25, 0.3) is 0 Å². The third-order valence-electron chi connectivity index (χ3n) is 33.9. The van der Waals surface area contributed by atoms with Crippen molar-refractivity contribution in [3.8, 4) is 0 Å². The second-order valence-electron chi connectivity index (χ2n) is 40.8. The maximum atomic E-state index is 5.84. The van der Waals surface area contributed by atoms with Crippen molar-refractivity contribution in [2.75, 3.05) is 6.61 Å². The van der Waals surface area contributed by atoms with E-state index in [2.05, 4.69) is 256 Å². The Morgan fingerprint density at radius 1 is 0.325 bits per heavy atom. The Kier molecular flexibility index (Phi) is 60.5. The van der Waals surface area contributed by atoms with Gasteiger partial charge in [0.1, 0.15) is 0 Å². The molecule has 0 heterocycles. The van der Waals surface area contributed by atoms with Crippen molar-refractivity contribution in [1.82, 2.24) is 0 Å². The van der Waals surface area contributed by atoms with Crippen LogP contribution in [0.5, 0.6) is 0 Å². The summed E-state index contributed by atoms with van der Waals surface area (Å²) >= 11 is -3.30. The van der Waals surface area contributed by atoms with Crippen LogP contribution < -0.4 is 0 Å². The van der Waals surface area contributed by atoms with Gasteiger partial charge in [-0.05, 0) is 305 Å². The van der Waals surface area contributed by atoms with Crippen LogP contribution in [-0.2, 0) is 88.1 Å². The van der Waals surface area contributed by atoms with Crippen molar-refractivity contribution in [2.45, 2.75) is 261 Å². The zero-order valence-electron chi connectivity index (χ0n) is 80.3. The Balaban J connectivity index is 0.000000533. The number of allylic oxidation sites excluding steroid dienone is 33. The molecule has 0 saturated heterocycles. The molecular formula is C113H174Cl8OZr4. The molecule has 704 valence electrons. The van der Waals surface area contributed by atoms with Crippen molar-refractivity contribution < 1.29 is 88.1 Å². The zero-order valence-corrected chi connectivity index (χ0v) is 96.2. The zero-order chi connectivity index (χ0) is 83.0. The minimum atomic E-state index is -0.826. The number of ether oxygens (including phenoxy) is 1. The van der Waals surface area contributed by atoms with Gasteiger partial charge in [-0.2, -0.15) is 0 Å². The molecule has 0 aliphatic heterocycles. The van der Waals surface area contributed by atoms with Crippen LogP contribution in [0.1, 0.15) is 255 Å². The number of hydrogen-bond acceptors (Lipinski definition) is 1. The van der Waals surface area contributed by atoms with E-state index in [0.29, 0.717) is 45.3 Å². The Bertz CT molecular complexity index is 3430. The summed E-state index contributed by atoms with van der Waals surface area (Å²) in [6.07, 6.45) is 125. The number of rotatable bonds is 18. The van der Waals surface area contributed by atoms with Crippen LogP contribution in [0.2, 0.25) is 0 Å². The normalized spacial score (nSPS) is 34.6. The number of halogens is 8. The van der Waals surface area contributed by atoms with Gasteiger partial charge in [-0.15, -0.1) is 6.58 Å². The standard InChI is InChI=1S/C28H38.C27H46O.C25H30.C24H32.CH4.8CH3.8ClH.4Zr/c1-2-3-11-21-16-17-22(20-21)28(18-9-4-10-19-28)27-25-14-7-5-12-23(25)24-13-6-8-15-26(24)27;1-26(2,3)28-19-11-7-6-8-12-21-15-17-23(20-21)27(4,5)25-18-16-22-13-9-10-14-24(22)25;1-25(2,23-16-15-17-9-3-4-10-18(17)23)24-21-13-7-5-11-19(21)20-12-6-8-14-22(20)24;1-8-16-24(17-9-1,18-10-2-3-11-18)23-21-14-6-4-12-19(21)20-13-5-7-15-22(20)23;;;;;;;;;;;;;;;;;;;;;/h2,5-8,12-15,21-27H,1,3-4,9-11,16-20H2;9-10,13-14,21-25H,6-8,11-12,15-20H2,1-5H3;3-14,17-24H,15-16H2,1-2H3;4-7,12-15,18-23H,1-3,8-11,16-17H2;1H4;8*1H3;8*1H;;;;/q;;;;;8*-1;;;;;;;;;4*+4/p-8. The van der Waals surface area contributed by atoms with E-state index >= 15 is 0 Å². The topological polar surface area (TPSA) is 9.23 Å². The quantitative estimate of drug-likeness (QED) is 0.0755. The fourth-order valence-corrected chi connectivity index (χ4v) is 29.2. The molecule has 22 unspecified atom stereocenters. The first-order valence-electron chi connectivity index (χ1n) is 46.7. The summed E-state index contributed by atoms with van der Waals surface area (Å²) in [6, 6.07) is 0. The summed E-state index contributed by atoms with van der Waals surface area (Å²) in [4.78, 5) is 0. The molecule has 10 fully saturated rings. The molecule has 18 aliphatic carbocycles. The van der Waals surface area contributed by atoms with Gasteiger partial charge in [-0.25, -0.2) is 0 Å². The van der Waals surface area contributed by atoms with Gasteiger partial charge >= 0.3 is 151 Å². The van der Waals surface area contributed by atoms with Crippen molar-refractivity contribution in [3.05, 3.63) is 267 Å². The molecule has 0 radical (unpaired) electrons. The first kappa shape index (κ1) is 123. The molecule has 0 amide bonds. The molecular weight excluding hydrogens is 2020 g/mol. The van der Waals surface area contributed by atoms with E-state index in [1.807, 2.05) is 0 Å². The van der Waals surface area contributed by atoms with Crippen LogP contribution in [0.3, 0.4) is 0 Å². The fourth-order valence-electron chi connectivity index (χ4n) is 29.2. The second kappa shape index (κ2) is 61.8. The summed E-state index contributed by atoms with van der Waals surface area (Å²) in [7, 11) is 39.5. The molecule has 18 aliphatic rings. The van der Waals surface area contributed by atoms with Crippen LogP contribution in [0, 0.1) is 235 Å². The molecule has 0 aromatic rings. The second-order valence-corrected chi connectivity index (χ2v) is 55.7. The average molecular weight is 2200 g/mol. The minimum absolute atomic E-state index is 0. The van der Waals surface area contributed by atoms with E-state index in [1.165, 1.54) is 199 Å². The van der Waals surface area contributed by atoms with Gasteiger partial charge in [0, 0.05) is 6.61 Å². The Morgan fingerprint density at radius 2 is 0.643 bits per heavy atom. The van der Waals surface area contributed by atoms with E-state index in [-0.39, 0.29) is 72.4 Å². The molecule has 18 rings (SSSR count). The van der Waals surface area contributed by atoms with Gasteiger partial charge < -0.3 is 64.2 Å². The van der Waals surface area contributed by atoms with Crippen molar-refractivity contribution in [3.63, 3.8) is 0 Å². The van der Waals surface area contributed by atoms with E-state index < -0.39 is 83.4 Å². The molecule has 0 aromatic carbocycles. The summed E-state index contributed by atoms with van der Waals surface area (Å²) in [6.45, 7) is 21.7. The van der Waals surface area contributed by atoms with E-state index in [0.717, 1.165) is 137 Å². The summed E-state index contributed by atoms with van der Waals surface area (Å²) in [5, 5.41) is 0. The molecule has 10 saturated carbocycles. The average Bonchev–Trinajstić information content (AvgIpc) is 1.58. The molecule has 13 heteroatoms. The van der Waals surface area contributed by atoms with Gasteiger partial charge in [0.05, 0.1) is 5.60 Å². The van der Waals surface area contributed by atoms with Gasteiger partial charge in [-0.3, -0.25) is 0 Å². The van der Waals surface area contributed by atoms with Crippen molar-refractivity contribution in [2.24, 2.45) is 176 Å². The third-order valence-corrected chi connectivity index (χ3v) is 33.9. The Morgan fingerprint density at radius 3 is 1.02 bits per heavy atom. The van der Waals surface area contributed by atoms with Gasteiger partial charge in [-0.1, -0.05) is 326 Å². The molecule has 0 bridgehead atoms. The van der Waals surface area contributed by atoms with Crippen LogP contribution in [-0.4, -0.2) is 12.2 Å². The van der Waals surface area contributed by atoms with Crippen LogP contribution in [0.25, 0.3) is 0 Å². The van der Waals surface area contributed by atoms with Crippen molar-refractivity contribution in [1.29, 1.82) is 0 Å². The maximum absolute atomic E-state index is 5.84. The summed E-state index contributed by atoms with van der Waals surface area (Å²) in [5.41, 5.74) is 2.13. The third kappa shape index (κ3) is 30.7. The first-order valence-corrected chi connectivity index (χ1v) is 72.1. The SMILES string of the molecule is C.C1=CC2C3C=CC=CC3C(C3(C4CCCC4)CCCCC3)C2C=C1.C=CCCC1CCC(C2(C3C4C=CC=CC4C4C=CC=CC43)CCCCC2)C1.CC(C)(C)OCCCCCCC1CCC(C(C)(C)C2CCC3C=CC=CC32)C1.CC(C)(C1CCC2C=CC=CC21)C1C2C=CC=CC2C2C=CC=CC21.[CH3-].[CH3-].[CH3-].[CH3-].[CH3-].[CH3-].[CH3-].[CH3-].[Cl][Zr+2][Cl].[Cl][Zr+2][Cl].[Cl][Zr+2][Cl].[Cl][Zr+2][Cl]. The van der Waals surface area contributed by atoms with Crippen LogP contribution in [0.4, 0.5) is 0 Å². The molecule has 0 spiro atoms. The first-order chi connectivity index (χ1) is 56.8. The Hall–Kier alpha value is 1.39. The predicted octanol–water partition coefficient (Wildman–Crippen LogP) is 38.0. The van der Waals surface area contributed by atoms with E-state index in [1.54, 1.807) is 0 Å². The molecule has 126 heavy (non-hydrogen) atoms. The fraction of sp³-hybridized carbons (Fsp3) is 0.628. The van der Waals surface area contributed by atoms with Crippen LogP contribution in [0.15, 0.2) is 207 Å². The van der Waals surface area contributed by atoms with Crippen LogP contribution >= 0.6 is 68.1 Å². The summed E-state index contributed by atoms with van der Waals surface area (Å²) < 4.78 is 5.84.